The van der Waals surface area contributed by atoms with Crippen LogP contribution >= 0.6 is 45.2 Å². The van der Waals surface area contributed by atoms with Crippen LogP contribution in [0.2, 0.25) is 0 Å². The van der Waals surface area contributed by atoms with Crippen molar-refractivity contribution in [1.82, 2.24) is 0 Å². The van der Waals surface area contributed by atoms with Gasteiger partial charge in [-0.3, -0.25) is 0 Å². The maximum atomic E-state index is 10.8. The second-order valence-corrected chi connectivity index (χ2v) is 3.87. The first-order chi connectivity index (χ1) is 6.65. The molecule has 0 aliphatic carbocycles. The predicted octanol–water partition coefficient (Wildman–Crippen LogP) is 2.96. The Bertz CT molecular complexity index is 269. The molecule has 0 aromatic heterocycles. The molecule has 0 saturated heterocycles. The highest BCUT2D eigenvalue weighted by Crippen LogP contribution is 2.20. The van der Waals surface area contributed by atoms with Gasteiger partial charge in [-0.15, -0.1) is 0 Å². The summed E-state index contributed by atoms with van der Waals surface area (Å²) in [5.74, 6) is 0.236. The van der Waals surface area contributed by atoms with Crippen LogP contribution in [0.3, 0.4) is 0 Å². The summed E-state index contributed by atoms with van der Waals surface area (Å²) in [5.41, 5.74) is 0. The molecule has 0 spiro atoms. The summed E-state index contributed by atoms with van der Waals surface area (Å²) < 4.78 is 12.3. The molecule has 0 fully saturated rings. The summed E-state index contributed by atoms with van der Waals surface area (Å²) in [7, 11) is 1.32. The maximum absolute atomic E-state index is 10.8. The molecule has 0 aromatic rings. The van der Waals surface area contributed by atoms with Crippen molar-refractivity contribution in [3.8, 4) is 0 Å². The monoisotopic (exact) mass is 420 g/mol. The number of halogens is 2. The second-order valence-electron chi connectivity index (χ2n) is 2.09. The van der Waals surface area contributed by atoms with Crippen molar-refractivity contribution < 1.29 is 14.3 Å². The first-order valence-electron chi connectivity index (χ1n) is 3.64. The van der Waals surface area contributed by atoms with E-state index in [0.717, 1.165) is 3.58 Å². The van der Waals surface area contributed by atoms with Crippen LogP contribution in [-0.2, 0) is 14.3 Å². The first-order valence-corrected chi connectivity index (χ1v) is 5.96. The second kappa shape index (κ2) is 8.27. The minimum atomic E-state index is -0.399. The lowest BCUT2D eigenvalue weighted by Gasteiger charge is -2.07. The zero-order valence-corrected chi connectivity index (χ0v) is 11.9. The molecule has 0 radical (unpaired) electrons. The van der Waals surface area contributed by atoms with Crippen molar-refractivity contribution in [2.24, 2.45) is 0 Å². The Balaban J connectivity index is 4.25. The fraction of sp³-hybridized carbons (Fsp3) is 0.222. The molecule has 0 aromatic carbocycles. The van der Waals surface area contributed by atoms with Gasteiger partial charge in [0.15, 0.2) is 6.61 Å². The van der Waals surface area contributed by atoms with E-state index in [2.05, 4.69) is 33.9 Å². The standard InChI is InChI=1S/C9H10I2O3/c1-3-4-7(11)8(5-10)14-6-9(12)13-2/h3-5H,1,6H2,2H3/b7-4+,8-5-. The van der Waals surface area contributed by atoms with E-state index in [1.165, 1.54) is 7.11 Å². The highest BCUT2D eigenvalue weighted by molar-refractivity contribution is 14.1. The minimum absolute atomic E-state index is 0.0805. The van der Waals surface area contributed by atoms with Crippen LogP contribution in [0.25, 0.3) is 0 Å². The number of allylic oxidation sites excluding steroid dienone is 3. The number of hydrogen-bond acceptors (Lipinski definition) is 3. The third-order valence-corrected chi connectivity index (χ3v) is 2.63. The molecular weight excluding hydrogens is 410 g/mol. The Morgan fingerprint density at radius 3 is 2.64 bits per heavy atom. The SMILES string of the molecule is C=C/C=C(I)\C(=C\I)OCC(=O)OC. The van der Waals surface area contributed by atoms with Crippen molar-refractivity contribution in [3.63, 3.8) is 0 Å². The van der Waals surface area contributed by atoms with E-state index in [1.54, 1.807) is 16.2 Å². The number of methoxy groups -OCH3 is 1. The predicted molar refractivity (Wildman–Crippen MR) is 72.4 cm³/mol. The van der Waals surface area contributed by atoms with Crippen molar-refractivity contribution in [2.75, 3.05) is 13.7 Å². The zero-order valence-electron chi connectivity index (χ0n) is 7.63. The van der Waals surface area contributed by atoms with Crippen LogP contribution in [0.15, 0.2) is 32.2 Å². The Kier molecular flexibility index (Phi) is 8.24. The smallest absolute Gasteiger partial charge is 0.343 e. The number of carbonyl (C=O) groups is 1. The molecular formula is C9H10I2O3. The number of esters is 1. The summed E-state index contributed by atoms with van der Waals surface area (Å²) in [6.07, 6.45) is 3.45. The Morgan fingerprint density at radius 2 is 2.21 bits per heavy atom. The molecule has 0 bridgehead atoms. The summed E-state index contributed by atoms with van der Waals surface area (Å²) in [6, 6.07) is 0. The van der Waals surface area contributed by atoms with E-state index in [9.17, 15) is 4.79 Å². The number of carbonyl (C=O) groups excluding carboxylic acids is 1. The van der Waals surface area contributed by atoms with Gasteiger partial charge in [0.2, 0.25) is 0 Å². The van der Waals surface area contributed by atoms with Crippen molar-refractivity contribution in [1.29, 1.82) is 0 Å². The van der Waals surface area contributed by atoms with Crippen LogP contribution < -0.4 is 0 Å². The average Bonchev–Trinajstić information content (AvgIpc) is 2.18. The average molecular weight is 420 g/mol. The van der Waals surface area contributed by atoms with E-state index < -0.39 is 5.97 Å². The third kappa shape index (κ3) is 5.63. The molecule has 0 rings (SSSR count). The van der Waals surface area contributed by atoms with Gasteiger partial charge in [0, 0.05) is 4.08 Å². The highest BCUT2D eigenvalue weighted by Gasteiger charge is 2.05. The molecule has 0 aliphatic rings. The minimum Gasteiger partial charge on any atom is -0.480 e. The number of rotatable bonds is 5. The lowest BCUT2D eigenvalue weighted by atomic mass is 10.4. The molecule has 0 unspecified atom stereocenters. The first kappa shape index (κ1) is 13.9. The van der Waals surface area contributed by atoms with Crippen LogP contribution in [0.1, 0.15) is 0 Å². The Hall–Kier alpha value is -0.0500. The fourth-order valence-corrected chi connectivity index (χ4v) is 2.21. The molecule has 14 heavy (non-hydrogen) atoms. The van der Waals surface area contributed by atoms with Crippen molar-refractivity contribution in [3.05, 3.63) is 32.2 Å². The van der Waals surface area contributed by atoms with Gasteiger partial charge < -0.3 is 9.47 Å². The van der Waals surface area contributed by atoms with Crippen LogP contribution in [0.5, 0.6) is 0 Å². The zero-order chi connectivity index (χ0) is 11.0. The fourth-order valence-electron chi connectivity index (χ4n) is 0.534. The van der Waals surface area contributed by atoms with Gasteiger partial charge in [-0.05, 0) is 51.3 Å². The summed E-state index contributed by atoms with van der Waals surface area (Å²) >= 11 is 4.15. The maximum Gasteiger partial charge on any atom is 0.343 e. The van der Waals surface area contributed by atoms with Gasteiger partial charge in [0.25, 0.3) is 0 Å². The quantitative estimate of drug-likeness (QED) is 0.297. The van der Waals surface area contributed by atoms with Crippen molar-refractivity contribution >= 4 is 51.2 Å². The topological polar surface area (TPSA) is 35.5 Å². The van der Waals surface area contributed by atoms with Gasteiger partial charge in [0.1, 0.15) is 5.76 Å². The van der Waals surface area contributed by atoms with Gasteiger partial charge in [-0.25, -0.2) is 4.79 Å². The molecule has 0 atom stereocenters. The van der Waals surface area contributed by atoms with Gasteiger partial charge in [0.05, 0.1) is 10.7 Å². The third-order valence-electron chi connectivity index (χ3n) is 1.17. The molecule has 0 amide bonds. The summed E-state index contributed by atoms with van der Waals surface area (Å²) in [6.45, 7) is 3.49. The summed E-state index contributed by atoms with van der Waals surface area (Å²) in [4.78, 5) is 10.8. The molecule has 78 valence electrons. The van der Waals surface area contributed by atoms with E-state index in [1.807, 2.05) is 22.6 Å². The number of hydrogen-bond donors (Lipinski definition) is 0. The molecule has 5 heteroatoms. The van der Waals surface area contributed by atoms with E-state index in [0.29, 0.717) is 5.76 Å². The van der Waals surface area contributed by atoms with Crippen molar-refractivity contribution in [2.45, 2.75) is 0 Å². The molecule has 3 nitrogen and oxygen atoms in total. The molecule has 0 N–H and O–H groups in total. The van der Waals surface area contributed by atoms with Crippen LogP contribution in [0, 0.1) is 0 Å². The van der Waals surface area contributed by atoms with Crippen LogP contribution in [-0.4, -0.2) is 19.7 Å². The largest absolute Gasteiger partial charge is 0.480 e. The van der Waals surface area contributed by atoms with Crippen LogP contribution in [0.4, 0.5) is 0 Å². The Morgan fingerprint density at radius 1 is 1.57 bits per heavy atom. The van der Waals surface area contributed by atoms with Gasteiger partial charge >= 0.3 is 5.97 Å². The normalized spacial score (nSPS) is 12.2. The Labute approximate surface area is 111 Å². The molecule has 0 heterocycles. The van der Waals surface area contributed by atoms with E-state index in [4.69, 9.17) is 4.74 Å². The van der Waals surface area contributed by atoms with E-state index in [-0.39, 0.29) is 6.61 Å². The number of ether oxygens (including phenoxy) is 2. The lowest BCUT2D eigenvalue weighted by molar-refractivity contribution is -0.144. The highest BCUT2D eigenvalue weighted by atomic mass is 127. The molecule has 0 aliphatic heterocycles. The van der Waals surface area contributed by atoms with Gasteiger partial charge in [-0.2, -0.15) is 0 Å². The molecule has 0 saturated carbocycles. The summed E-state index contributed by atoms with van der Waals surface area (Å²) in [5, 5.41) is 0. The van der Waals surface area contributed by atoms with Gasteiger partial charge in [-0.1, -0.05) is 12.7 Å². The lowest BCUT2D eigenvalue weighted by Crippen LogP contribution is -2.09. The van der Waals surface area contributed by atoms with E-state index >= 15 is 0 Å².